The molecule has 1 nitrogen and oxygen atoms in total. The molecule has 0 heterocycles. The molecule has 0 amide bonds. The summed E-state index contributed by atoms with van der Waals surface area (Å²) in [6.07, 6.45) is 16.1. The van der Waals surface area contributed by atoms with E-state index in [0.717, 1.165) is 28.7 Å². The summed E-state index contributed by atoms with van der Waals surface area (Å²) >= 11 is 3.85. The van der Waals surface area contributed by atoms with Crippen LogP contribution in [-0.4, -0.2) is 13.1 Å². The van der Waals surface area contributed by atoms with Crippen molar-refractivity contribution >= 4 is 43.2 Å². The number of hydrogen-bond acceptors (Lipinski definition) is 1. The highest BCUT2D eigenvalue weighted by Crippen LogP contribution is 2.36. The Labute approximate surface area is 251 Å². The van der Waals surface area contributed by atoms with Crippen molar-refractivity contribution in [2.45, 2.75) is 90.9 Å². The lowest BCUT2D eigenvalue weighted by atomic mass is 9.97. The summed E-state index contributed by atoms with van der Waals surface area (Å²) in [7, 11) is 0. The van der Waals surface area contributed by atoms with Gasteiger partial charge in [-0.05, 0) is 74.6 Å². The average Bonchev–Trinajstić information content (AvgIpc) is 3.00. The van der Waals surface area contributed by atoms with Gasteiger partial charge in [0.25, 0.3) is 0 Å². The Morgan fingerprint density at radius 2 is 0.975 bits per heavy atom. The van der Waals surface area contributed by atoms with Crippen molar-refractivity contribution in [2.75, 3.05) is 18.0 Å². The normalized spacial score (nSPS) is 11.1. The van der Waals surface area contributed by atoms with Gasteiger partial charge in [0.1, 0.15) is 0 Å². The standard InChI is InChI=1S/C38H46BrN/c1-3-5-7-9-11-17-29-40(30-18-12-10-8-6-4-2)32-26-23-31(24-27-32)25-28-35-33-19-13-15-21-36(33)38(39)37-22-16-14-20-34(35)37/h13-16,19-24,26-27H,3-12,17-18,29-30H2,1-2H3. The summed E-state index contributed by atoms with van der Waals surface area (Å²) in [6.45, 7) is 6.89. The number of hydrogen-bond donors (Lipinski definition) is 0. The van der Waals surface area contributed by atoms with E-state index in [2.05, 4.69) is 119 Å². The first-order valence-electron chi connectivity index (χ1n) is 15.7. The van der Waals surface area contributed by atoms with Crippen LogP contribution < -0.4 is 4.90 Å². The van der Waals surface area contributed by atoms with E-state index in [-0.39, 0.29) is 0 Å². The van der Waals surface area contributed by atoms with Gasteiger partial charge in [-0.15, -0.1) is 0 Å². The molecule has 0 spiro atoms. The molecule has 0 aliphatic heterocycles. The molecule has 0 aromatic heterocycles. The summed E-state index contributed by atoms with van der Waals surface area (Å²) in [4.78, 5) is 2.62. The molecule has 0 radical (unpaired) electrons. The van der Waals surface area contributed by atoms with Crippen molar-refractivity contribution < 1.29 is 0 Å². The summed E-state index contributed by atoms with van der Waals surface area (Å²) in [6, 6.07) is 26.1. The van der Waals surface area contributed by atoms with Crippen molar-refractivity contribution in [1.29, 1.82) is 0 Å². The zero-order valence-electron chi connectivity index (χ0n) is 24.7. The molecule has 0 unspecified atom stereocenters. The highest BCUT2D eigenvalue weighted by molar-refractivity contribution is 9.10. The molecular weight excluding hydrogens is 550 g/mol. The molecule has 0 fully saturated rings. The maximum atomic E-state index is 3.85. The molecule has 4 aromatic carbocycles. The van der Waals surface area contributed by atoms with Gasteiger partial charge in [0.15, 0.2) is 0 Å². The van der Waals surface area contributed by atoms with Crippen LogP contribution in [0.3, 0.4) is 0 Å². The fourth-order valence-electron chi connectivity index (χ4n) is 5.64. The maximum Gasteiger partial charge on any atom is 0.0406 e. The van der Waals surface area contributed by atoms with Crippen molar-refractivity contribution in [2.24, 2.45) is 0 Å². The van der Waals surface area contributed by atoms with E-state index in [4.69, 9.17) is 0 Å². The van der Waals surface area contributed by atoms with Gasteiger partial charge < -0.3 is 4.90 Å². The van der Waals surface area contributed by atoms with Crippen LogP contribution in [-0.2, 0) is 0 Å². The van der Waals surface area contributed by atoms with E-state index in [0.29, 0.717) is 0 Å². The van der Waals surface area contributed by atoms with Gasteiger partial charge in [-0.2, -0.15) is 0 Å². The van der Waals surface area contributed by atoms with Crippen LogP contribution >= 0.6 is 15.9 Å². The van der Waals surface area contributed by atoms with E-state index >= 15 is 0 Å². The fourth-order valence-corrected chi connectivity index (χ4v) is 6.33. The second-order valence-corrected chi connectivity index (χ2v) is 11.9. The van der Waals surface area contributed by atoms with Gasteiger partial charge in [-0.25, -0.2) is 0 Å². The second kappa shape index (κ2) is 16.5. The third-order valence-electron chi connectivity index (χ3n) is 7.99. The molecular formula is C38H46BrN. The number of anilines is 1. The van der Waals surface area contributed by atoms with Gasteiger partial charge in [0.2, 0.25) is 0 Å². The number of halogens is 1. The quantitative estimate of drug-likeness (QED) is 0.0750. The minimum atomic E-state index is 1.07. The Kier molecular flexibility index (Phi) is 12.5. The van der Waals surface area contributed by atoms with Crippen molar-refractivity contribution in [3.63, 3.8) is 0 Å². The topological polar surface area (TPSA) is 3.24 Å². The summed E-state index contributed by atoms with van der Waals surface area (Å²) in [5.41, 5.74) is 3.51. The lowest BCUT2D eigenvalue weighted by molar-refractivity contribution is 0.575. The van der Waals surface area contributed by atoms with Crippen molar-refractivity contribution in [1.82, 2.24) is 0 Å². The SMILES string of the molecule is CCCCCCCCN(CCCCCCCC)c1ccc(C#Cc2c3ccccc3c(Br)c3ccccc23)cc1. The van der Waals surface area contributed by atoms with Crippen LogP contribution in [0, 0.1) is 11.8 Å². The molecule has 4 aromatic rings. The smallest absolute Gasteiger partial charge is 0.0406 e. The molecule has 0 aliphatic carbocycles. The summed E-state index contributed by atoms with van der Waals surface area (Å²) < 4.78 is 1.14. The predicted octanol–water partition coefficient (Wildman–Crippen LogP) is 11.7. The fraction of sp³-hybridized carbons (Fsp3) is 0.421. The molecule has 0 N–H and O–H groups in total. The van der Waals surface area contributed by atoms with Crippen molar-refractivity contribution in [3.8, 4) is 11.8 Å². The first-order chi connectivity index (χ1) is 19.7. The summed E-state index contributed by atoms with van der Waals surface area (Å²) in [5, 5.41) is 4.81. The monoisotopic (exact) mass is 595 g/mol. The van der Waals surface area contributed by atoms with E-state index in [1.54, 1.807) is 0 Å². The Morgan fingerprint density at radius 3 is 1.48 bits per heavy atom. The third-order valence-corrected chi connectivity index (χ3v) is 8.85. The zero-order valence-corrected chi connectivity index (χ0v) is 26.2. The molecule has 210 valence electrons. The van der Waals surface area contributed by atoms with Crippen LogP contribution in [0.15, 0.2) is 77.3 Å². The number of rotatable bonds is 15. The summed E-state index contributed by atoms with van der Waals surface area (Å²) in [5.74, 6) is 7.05. The van der Waals surface area contributed by atoms with E-state index in [9.17, 15) is 0 Å². The molecule has 0 aliphatic rings. The number of benzene rings is 4. The van der Waals surface area contributed by atoms with Gasteiger partial charge in [0, 0.05) is 34.4 Å². The van der Waals surface area contributed by atoms with Crippen LogP contribution in [0.25, 0.3) is 21.5 Å². The first kappa shape index (κ1) is 30.2. The molecule has 2 heteroatoms. The predicted molar refractivity (Wildman–Crippen MR) is 181 cm³/mol. The van der Waals surface area contributed by atoms with Crippen LogP contribution in [0.4, 0.5) is 5.69 Å². The molecule has 40 heavy (non-hydrogen) atoms. The van der Waals surface area contributed by atoms with Crippen LogP contribution in [0.5, 0.6) is 0 Å². The Bertz CT molecular complexity index is 1320. The third kappa shape index (κ3) is 8.37. The van der Waals surface area contributed by atoms with E-state index < -0.39 is 0 Å². The zero-order chi connectivity index (χ0) is 28.0. The Balaban J connectivity index is 1.49. The van der Waals surface area contributed by atoms with E-state index in [1.165, 1.54) is 104 Å². The molecule has 4 rings (SSSR count). The number of nitrogens with zero attached hydrogens (tertiary/aromatic N) is 1. The lowest BCUT2D eigenvalue weighted by Gasteiger charge is -2.25. The average molecular weight is 597 g/mol. The first-order valence-corrected chi connectivity index (χ1v) is 16.5. The second-order valence-electron chi connectivity index (χ2n) is 11.1. The van der Waals surface area contributed by atoms with Crippen LogP contribution in [0.2, 0.25) is 0 Å². The van der Waals surface area contributed by atoms with Gasteiger partial charge in [-0.3, -0.25) is 0 Å². The highest BCUT2D eigenvalue weighted by atomic mass is 79.9. The highest BCUT2D eigenvalue weighted by Gasteiger charge is 2.11. The van der Waals surface area contributed by atoms with Crippen molar-refractivity contribution in [3.05, 3.63) is 88.4 Å². The van der Waals surface area contributed by atoms with Crippen LogP contribution in [0.1, 0.15) is 102 Å². The number of fused-ring (bicyclic) bond motifs is 2. The minimum absolute atomic E-state index is 1.07. The Hall–Kier alpha value is -2.76. The van der Waals surface area contributed by atoms with Gasteiger partial charge >= 0.3 is 0 Å². The largest absolute Gasteiger partial charge is 0.372 e. The molecule has 0 saturated carbocycles. The van der Waals surface area contributed by atoms with Gasteiger partial charge in [-0.1, -0.05) is 138 Å². The minimum Gasteiger partial charge on any atom is -0.372 e. The molecule has 0 atom stereocenters. The number of unbranched alkanes of at least 4 members (excludes halogenated alkanes) is 10. The van der Waals surface area contributed by atoms with E-state index in [1.807, 2.05) is 0 Å². The molecule has 0 bridgehead atoms. The Morgan fingerprint density at radius 1 is 0.525 bits per heavy atom. The molecule has 0 saturated heterocycles. The maximum absolute atomic E-state index is 3.85. The lowest BCUT2D eigenvalue weighted by Crippen LogP contribution is -2.25. The van der Waals surface area contributed by atoms with Gasteiger partial charge in [0.05, 0.1) is 0 Å².